The summed E-state index contributed by atoms with van der Waals surface area (Å²) in [6.07, 6.45) is -0.878. The van der Waals surface area contributed by atoms with Gasteiger partial charge in [0.15, 0.2) is 17.7 Å². The van der Waals surface area contributed by atoms with Gasteiger partial charge in [0.2, 0.25) is 0 Å². The van der Waals surface area contributed by atoms with Crippen LogP contribution < -0.4 is 15.2 Å². The summed E-state index contributed by atoms with van der Waals surface area (Å²) in [7, 11) is 0. The van der Waals surface area contributed by atoms with Crippen LogP contribution in [0.2, 0.25) is 0 Å². The van der Waals surface area contributed by atoms with Crippen molar-refractivity contribution in [2.24, 2.45) is 0 Å². The molecule has 4 nitrogen and oxygen atoms in total. The second-order valence-electron chi connectivity index (χ2n) is 4.18. The van der Waals surface area contributed by atoms with Gasteiger partial charge in [0.05, 0.1) is 0 Å². The predicted octanol–water partition coefficient (Wildman–Crippen LogP) is 2.78. The Balaban J connectivity index is 2.01. The van der Waals surface area contributed by atoms with Gasteiger partial charge in [-0.1, -0.05) is 18.2 Å². The molecular formula is C15H14FNO3. The van der Waals surface area contributed by atoms with Crippen LogP contribution in [0.1, 0.15) is 6.92 Å². The molecule has 0 spiro atoms. The zero-order valence-corrected chi connectivity index (χ0v) is 10.9. The third kappa shape index (κ3) is 3.47. The van der Waals surface area contributed by atoms with Crippen molar-refractivity contribution in [1.29, 1.82) is 0 Å². The van der Waals surface area contributed by atoms with E-state index in [1.54, 1.807) is 30.3 Å². The predicted molar refractivity (Wildman–Crippen MR) is 73.0 cm³/mol. The van der Waals surface area contributed by atoms with Gasteiger partial charge in [-0.25, -0.2) is 9.18 Å². The first kappa shape index (κ1) is 13.9. The highest BCUT2D eigenvalue weighted by Crippen LogP contribution is 2.19. The summed E-state index contributed by atoms with van der Waals surface area (Å²) < 4.78 is 23.7. The molecule has 0 aliphatic carbocycles. The second-order valence-corrected chi connectivity index (χ2v) is 4.18. The van der Waals surface area contributed by atoms with Crippen molar-refractivity contribution in [3.05, 3.63) is 54.3 Å². The number of nitrogen functional groups attached to an aromatic ring is 1. The van der Waals surface area contributed by atoms with Crippen LogP contribution in [0, 0.1) is 5.82 Å². The van der Waals surface area contributed by atoms with Gasteiger partial charge in [-0.3, -0.25) is 0 Å². The minimum atomic E-state index is -0.878. The Morgan fingerprint density at radius 1 is 1.20 bits per heavy atom. The molecule has 0 fully saturated rings. The maximum Gasteiger partial charge on any atom is 0.352 e. The molecule has 0 aromatic heterocycles. The summed E-state index contributed by atoms with van der Waals surface area (Å²) in [6, 6.07) is 12.4. The number of rotatable bonds is 4. The Morgan fingerprint density at radius 3 is 2.65 bits per heavy atom. The summed E-state index contributed by atoms with van der Waals surface area (Å²) in [5.74, 6) is -0.960. The fourth-order valence-corrected chi connectivity index (χ4v) is 1.56. The number of carbonyl (C=O) groups is 1. The summed E-state index contributed by atoms with van der Waals surface area (Å²) in [5.41, 5.74) is 6.13. The Labute approximate surface area is 115 Å². The van der Waals surface area contributed by atoms with E-state index < -0.39 is 17.9 Å². The number of nitrogens with two attached hydrogens (primary N) is 1. The van der Waals surface area contributed by atoms with Crippen LogP contribution in [-0.4, -0.2) is 12.1 Å². The van der Waals surface area contributed by atoms with Crippen molar-refractivity contribution in [3.8, 4) is 11.5 Å². The number of hydrogen-bond acceptors (Lipinski definition) is 4. The molecule has 2 aromatic rings. The van der Waals surface area contributed by atoms with Crippen LogP contribution in [-0.2, 0) is 4.79 Å². The molecule has 1 atom stereocenters. The average Bonchev–Trinajstić information content (AvgIpc) is 2.41. The first-order valence-corrected chi connectivity index (χ1v) is 6.04. The molecule has 0 aliphatic rings. The summed E-state index contributed by atoms with van der Waals surface area (Å²) >= 11 is 0. The van der Waals surface area contributed by atoms with E-state index in [-0.39, 0.29) is 5.75 Å². The molecule has 20 heavy (non-hydrogen) atoms. The Hall–Kier alpha value is -2.56. The molecule has 2 N–H and O–H groups in total. The number of benzene rings is 2. The van der Waals surface area contributed by atoms with Crippen LogP contribution in [0.3, 0.4) is 0 Å². The smallest absolute Gasteiger partial charge is 0.352 e. The molecule has 0 bridgehead atoms. The van der Waals surface area contributed by atoms with Crippen molar-refractivity contribution < 1.29 is 18.7 Å². The topological polar surface area (TPSA) is 61.5 Å². The van der Waals surface area contributed by atoms with Gasteiger partial charge in [-0.15, -0.1) is 0 Å². The molecular weight excluding hydrogens is 261 g/mol. The molecule has 1 unspecified atom stereocenters. The van der Waals surface area contributed by atoms with Gasteiger partial charge in [0.1, 0.15) is 5.75 Å². The monoisotopic (exact) mass is 275 g/mol. The number of halogens is 1. The molecule has 0 aliphatic heterocycles. The van der Waals surface area contributed by atoms with E-state index in [4.69, 9.17) is 15.2 Å². The summed E-state index contributed by atoms with van der Waals surface area (Å²) in [5, 5.41) is 0. The molecule has 2 aromatic carbocycles. The van der Waals surface area contributed by atoms with Gasteiger partial charge in [0.25, 0.3) is 0 Å². The number of hydrogen-bond donors (Lipinski definition) is 1. The van der Waals surface area contributed by atoms with Crippen LogP contribution in [0.15, 0.2) is 48.5 Å². The van der Waals surface area contributed by atoms with Crippen molar-refractivity contribution >= 4 is 11.7 Å². The largest absolute Gasteiger partial charge is 0.479 e. The van der Waals surface area contributed by atoms with Crippen molar-refractivity contribution in [1.82, 2.24) is 0 Å². The maximum atomic E-state index is 13.4. The first-order chi connectivity index (χ1) is 9.56. The molecule has 5 heteroatoms. The second kappa shape index (κ2) is 6.06. The van der Waals surface area contributed by atoms with E-state index in [0.717, 1.165) is 0 Å². The molecule has 0 radical (unpaired) electrons. The lowest BCUT2D eigenvalue weighted by Gasteiger charge is -2.14. The van der Waals surface area contributed by atoms with Crippen LogP contribution >= 0.6 is 0 Å². The Bertz CT molecular complexity index is 616. The van der Waals surface area contributed by atoms with E-state index in [9.17, 15) is 9.18 Å². The minimum Gasteiger partial charge on any atom is -0.479 e. The lowest BCUT2D eigenvalue weighted by atomic mass is 10.3. The standard InChI is InChI=1S/C15H14FNO3/c1-10(19-12-6-4-5-11(17)9-12)15(18)20-14-8-3-2-7-13(14)16/h2-10H,17H2,1H3. The SMILES string of the molecule is CC(Oc1cccc(N)c1)C(=O)Oc1ccccc1F. The number of carbonyl (C=O) groups excluding carboxylic acids is 1. The lowest BCUT2D eigenvalue weighted by molar-refractivity contribution is -0.141. The summed E-state index contributed by atoms with van der Waals surface area (Å²) in [4.78, 5) is 11.8. The van der Waals surface area contributed by atoms with Crippen molar-refractivity contribution in [2.45, 2.75) is 13.0 Å². The van der Waals surface area contributed by atoms with Crippen molar-refractivity contribution in [3.63, 3.8) is 0 Å². The zero-order chi connectivity index (χ0) is 14.5. The third-order valence-corrected chi connectivity index (χ3v) is 2.55. The van der Waals surface area contributed by atoms with Gasteiger partial charge in [0, 0.05) is 11.8 Å². The number of esters is 1. The number of para-hydroxylation sites is 1. The quantitative estimate of drug-likeness (QED) is 0.529. The van der Waals surface area contributed by atoms with E-state index >= 15 is 0 Å². The van der Waals surface area contributed by atoms with Crippen LogP contribution in [0.4, 0.5) is 10.1 Å². The van der Waals surface area contributed by atoms with E-state index in [1.165, 1.54) is 25.1 Å². The number of ether oxygens (including phenoxy) is 2. The highest BCUT2D eigenvalue weighted by molar-refractivity contribution is 5.77. The summed E-state index contributed by atoms with van der Waals surface area (Å²) in [6.45, 7) is 1.52. The molecule has 0 saturated heterocycles. The molecule has 0 amide bonds. The van der Waals surface area contributed by atoms with Crippen LogP contribution in [0.5, 0.6) is 11.5 Å². The van der Waals surface area contributed by atoms with Gasteiger partial charge < -0.3 is 15.2 Å². The third-order valence-electron chi connectivity index (χ3n) is 2.55. The lowest BCUT2D eigenvalue weighted by Crippen LogP contribution is -2.28. The van der Waals surface area contributed by atoms with Gasteiger partial charge in [-0.2, -0.15) is 0 Å². The van der Waals surface area contributed by atoms with Crippen LogP contribution in [0.25, 0.3) is 0 Å². The highest BCUT2D eigenvalue weighted by atomic mass is 19.1. The van der Waals surface area contributed by atoms with Gasteiger partial charge in [-0.05, 0) is 31.2 Å². The van der Waals surface area contributed by atoms with E-state index in [2.05, 4.69) is 0 Å². The molecule has 0 saturated carbocycles. The van der Waals surface area contributed by atoms with Crippen molar-refractivity contribution in [2.75, 3.05) is 5.73 Å². The Morgan fingerprint density at radius 2 is 1.95 bits per heavy atom. The zero-order valence-electron chi connectivity index (χ0n) is 10.9. The Kier molecular flexibility index (Phi) is 4.20. The molecule has 2 rings (SSSR count). The van der Waals surface area contributed by atoms with E-state index in [0.29, 0.717) is 11.4 Å². The van der Waals surface area contributed by atoms with Gasteiger partial charge >= 0.3 is 5.97 Å². The minimum absolute atomic E-state index is 0.125. The highest BCUT2D eigenvalue weighted by Gasteiger charge is 2.18. The maximum absolute atomic E-state index is 13.4. The molecule has 0 heterocycles. The molecule has 104 valence electrons. The average molecular weight is 275 g/mol. The van der Waals surface area contributed by atoms with E-state index in [1.807, 2.05) is 0 Å². The number of anilines is 1. The fraction of sp³-hybridized carbons (Fsp3) is 0.133. The normalized spacial score (nSPS) is 11.7. The first-order valence-electron chi connectivity index (χ1n) is 6.04. The fourth-order valence-electron chi connectivity index (χ4n) is 1.56.